The molecule has 0 heterocycles. The summed E-state index contributed by atoms with van der Waals surface area (Å²) >= 11 is 1.51. The van der Waals surface area contributed by atoms with Crippen LogP contribution in [0, 0.1) is 6.92 Å². The molecule has 4 aromatic carbocycles. The molecule has 0 spiro atoms. The van der Waals surface area contributed by atoms with Crippen LogP contribution in [0.15, 0.2) is 113 Å². The number of ether oxygens (including phenoxy) is 1. The quantitative estimate of drug-likeness (QED) is 0.201. The second-order valence-electron chi connectivity index (χ2n) is 10.2. The summed E-state index contributed by atoms with van der Waals surface area (Å²) in [5, 5.41) is 2.70. The zero-order chi connectivity index (χ0) is 31.7. The van der Waals surface area contributed by atoms with Crippen LogP contribution in [0.5, 0.6) is 5.75 Å². The Hall–Kier alpha value is -4.28. The van der Waals surface area contributed by atoms with Gasteiger partial charge in [-0.1, -0.05) is 60.2 Å². The van der Waals surface area contributed by atoms with Crippen molar-refractivity contribution in [2.75, 3.05) is 31.3 Å². The van der Waals surface area contributed by atoms with Crippen molar-refractivity contribution in [3.05, 3.63) is 120 Å². The molecule has 0 unspecified atom stereocenters. The average molecular weight is 632 g/mol. The van der Waals surface area contributed by atoms with E-state index >= 15 is 0 Å². The van der Waals surface area contributed by atoms with Crippen molar-refractivity contribution in [3.8, 4) is 5.75 Å². The van der Waals surface area contributed by atoms with Gasteiger partial charge < -0.3 is 15.0 Å². The van der Waals surface area contributed by atoms with Gasteiger partial charge in [0, 0.05) is 24.9 Å². The number of sulfonamides is 1. The number of aryl methyl sites for hydroxylation is 1. The van der Waals surface area contributed by atoms with Crippen molar-refractivity contribution in [3.63, 3.8) is 0 Å². The van der Waals surface area contributed by atoms with Gasteiger partial charge in [0.25, 0.3) is 10.0 Å². The molecule has 0 saturated heterocycles. The first-order chi connectivity index (χ1) is 21.2. The van der Waals surface area contributed by atoms with Gasteiger partial charge in [0.2, 0.25) is 11.8 Å². The van der Waals surface area contributed by atoms with Crippen molar-refractivity contribution in [1.29, 1.82) is 0 Å². The largest absolute Gasteiger partial charge is 0.497 e. The van der Waals surface area contributed by atoms with Crippen LogP contribution >= 0.6 is 11.8 Å². The van der Waals surface area contributed by atoms with Crippen LogP contribution in [-0.4, -0.2) is 58.1 Å². The van der Waals surface area contributed by atoms with E-state index in [0.29, 0.717) is 11.4 Å². The highest BCUT2D eigenvalue weighted by Gasteiger charge is 2.34. The monoisotopic (exact) mass is 631 g/mol. The van der Waals surface area contributed by atoms with Gasteiger partial charge in [-0.05, 0) is 72.8 Å². The number of thioether (sulfide) groups is 1. The summed E-state index contributed by atoms with van der Waals surface area (Å²) in [6, 6.07) is 29.3. The summed E-state index contributed by atoms with van der Waals surface area (Å²) in [6.45, 7) is 1.45. The fourth-order valence-electron chi connectivity index (χ4n) is 4.80. The van der Waals surface area contributed by atoms with E-state index in [0.717, 1.165) is 25.9 Å². The molecule has 0 radical (unpaired) electrons. The molecule has 4 aromatic rings. The van der Waals surface area contributed by atoms with Gasteiger partial charge in [0.15, 0.2) is 0 Å². The molecular formula is C34H37N3O5S2. The van der Waals surface area contributed by atoms with E-state index in [-0.39, 0.29) is 23.8 Å². The molecule has 0 saturated carbocycles. The highest BCUT2D eigenvalue weighted by molar-refractivity contribution is 7.98. The molecule has 1 atom stereocenters. The molecule has 0 fully saturated rings. The van der Waals surface area contributed by atoms with Gasteiger partial charge >= 0.3 is 0 Å². The molecule has 0 aliphatic rings. The van der Waals surface area contributed by atoms with E-state index in [1.165, 1.54) is 23.7 Å². The number of benzene rings is 4. The van der Waals surface area contributed by atoms with Gasteiger partial charge in [-0.3, -0.25) is 13.9 Å². The average Bonchev–Trinajstić information content (AvgIpc) is 3.05. The zero-order valence-electron chi connectivity index (χ0n) is 25.3. The Morgan fingerprint density at radius 3 is 2.16 bits per heavy atom. The van der Waals surface area contributed by atoms with Crippen molar-refractivity contribution in [2.45, 2.75) is 35.7 Å². The Morgan fingerprint density at radius 2 is 1.55 bits per heavy atom. The Kier molecular flexibility index (Phi) is 11.1. The third-order valence-corrected chi connectivity index (χ3v) is 9.78. The predicted molar refractivity (Wildman–Crippen MR) is 175 cm³/mol. The highest BCUT2D eigenvalue weighted by atomic mass is 32.2. The summed E-state index contributed by atoms with van der Waals surface area (Å²) in [6.07, 6.45) is 2.15. The van der Waals surface area contributed by atoms with E-state index in [9.17, 15) is 18.0 Å². The number of likely N-dealkylation sites (N-methyl/N-ethyl adjacent to an activating group) is 1. The molecule has 8 nitrogen and oxygen atoms in total. The van der Waals surface area contributed by atoms with E-state index in [4.69, 9.17) is 4.74 Å². The number of carbonyl (C=O) groups excluding carboxylic acids is 2. The van der Waals surface area contributed by atoms with Crippen LogP contribution in [0.1, 0.15) is 16.7 Å². The molecule has 2 amide bonds. The zero-order valence-corrected chi connectivity index (χ0v) is 26.9. The van der Waals surface area contributed by atoms with Crippen LogP contribution in [0.2, 0.25) is 0 Å². The third-order valence-electron chi connectivity index (χ3n) is 7.25. The fraction of sp³-hybridized carbons (Fsp3) is 0.235. The van der Waals surface area contributed by atoms with E-state index < -0.39 is 28.5 Å². The van der Waals surface area contributed by atoms with Crippen LogP contribution in [0.3, 0.4) is 0 Å². The highest BCUT2D eigenvalue weighted by Crippen LogP contribution is 2.27. The Balaban J connectivity index is 1.79. The van der Waals surface area contributed by atoms with Gasteiger partial charge in [-0.15, -0.1) is 11.8 Å². The van der Waals surface area contributed by atoms with Gasteiger partial charge in [0.05, 0.1) is 17.7 Å². The summed E-state index contributed by atoms with van der Waals surface area (Å²) in [7, 11) is -1.08. The van der Waals surface area contributed by atoms with E-state index in [1.807, 2.05) is 55.6 Å². The number of nitrogens with one attached hydrogen (secondary N) is 1. The van der Waals surface area contributed by atoms with Gasteiger partial charge in [-0.25, -0.2) is 8.42 Å². The maximum Gasteiger partial charge on any atom is 0.264 e. The maximum absolute atomic E-state index is 14.4. The smallest absolute Gasteiger partial charge is 0.264 e. The molecule has 0 aliphatic carbocycles. The first-order valence-electron chi connectivity index (χ1n) is 14.1. The molecule has 4 rings (SSSR count). The fourth-order valence-corrected chi connectivity index (χ4v) is 6.63. The van der Waals surface area contributed by atoms with Crippen molar-refractivity contribution in [2.24, 2.45) is 0 Å². The third kappa shape index (κ3) is 8.00. The van der Waals surface area contributed by atoms with E-state index in [2.05, 4.69) is 5.32 Å². The van der Waals surface area contributed by atoms with Crippen LogP contribution < -0.4 is 14.4 Å². The minimum absolute atomic E-state index is 0.0607. The number of amides is 2. The molecule has 0 bridgehead atoms. The number of hydrogen-bond acceptors (Lipinski definition) is 6. The molecule has 1 N–H and O–H groups in total. The van der Waals surface area contributed by atoms with Gasteiger partial charge in [-0.2, -0.15) is 0 Å². The Bertz CT molecular complexity index is 1660. The van der Waals surface area contributed by atoms with Crippen molar-refractivity contribution in [1.82, 2.24) is 10.2 Å². The molecular weight excluding hydrogens is 595 g/mol. The lowest BCUT2D eigenvalue weighted by molar-refractivity contribution is -0.139. The van der Waals surface area contributed by atoms with E-state index in [1.54, 1.807) is 67.8 Å². The number of nitrogens with zero attached hydrogens (tertiary/aromatic N) is 2. The van der Waals surface area contributed by atoms with Gasteiger partial charge in [0.1, 0.15) is 18.3 Å². The molecule has 0 aromatic heterocycles. The van der Waals surface area contributed by atoms with Crippen LogP contribution in [0.25, 0.3) is 0 Å². The summed E-state index contributed by atoms with van der Waals surface area (Å²) in [4.78, 5) is 30.2. The molecule has 44 heavy (non-hydrogen) atoms. The standard InChI is InChI=1S/C34H37N3O5S2/c1-25-13-15-28(16-14-25)37(44(40,41)31-19-17-30(43-4)18-20-31)24-33(38)36(23-27-11-8-12-29(21-27)42-3)32(34(39)35-2)22-26-9-6-5-7-10-26/h5-21,32H,22-24H2,1-4H3,(H,35,39)/t32-/m1/s1. The lowest BCUT2D eigenvalue weighted by Gasteiger charge is -2.33. The first kappa shape index (κ1) is 32.6. The Morgan fingerprint density at radius 1 is 0.886 bits per heavy atom. The number of carbonyl (C=O) groups is 2. The number of methoxy groups -OCH3 is 1. The first-order valence-corrected chi connectivity index (χ1v) is 16.7. The molecule has 230 valence electrons. The Labute approximate surface area is 264 Å². The second kappa shape index (κ2) is 14.9. The molecule has 10 heteroatoms. The SMILES string of the molecule is CNC(=O)[C@@H](Cc1ccccc1)N(Cc1cccc(OC)c1)C(=O)CN(c1ccc(C)cc1)S(=O)(=O)c1ccc(SC)cc1. The summed E-state index contributed by atoms with van der Waals surface area (Å²) in [5.41, 5.74) is 2.89. The lowest BCUT2D eigenvalue weighted by Crippen LogP contribution is -2.53. The number of rotatable bonds is 13. The maximum atomic E-state index is 14.4. The summed E-state index contributed by atoms with van der Waals surface area (Å²) < 4.78 is 34.7. The van der Waals surface area contributed by atoms with Crippen LogP contribution in [-0.2, 0) is 32.6 Å². The predicted octanol–water partition coefficient (Wildman–Crippen LogP) is 5.31. The summed E-state index contributed by atoms with van der Waals surface area (Å²) in [5.74, 6) is -0.281. The lowest BCUT2D eigenvalue weighted by atomic mass is 10.0. The number of anilines is 1. The topological polar surface area (TPSA) is 96.0 Å². The molecule has 0 aliphatic heterocycles. The van der Waals surface area contributed by atoms with Crippen LogP contribution in [0.4, 0.5) is 5.69 Å². The van der Waals surface area contributed by atoms with Crippen molar-refractivity contribution >= 4 is 39.3 Å². The minimum atomic E-state index is -4.16. The van der Waals surface area contributed by atoms with Crippen molar-refractivity contribution < 1.29 is 22.7 Å². The minimum Gasteiger partial charge on any atom is -0.497 e. The normalized spacial score (nSPS) is 11.8. The second-order valence-corrected chi connectivity index (χ2v) is 13.0. The number of hydrogen-bond donors (Lipinski definition) is 1.